The second-order valence-corrected chi connectivity index (χ2v) is 3.29. The van der Waals surface area contributed by atoms with Crippen LogP contribution in [0, 0.1) is 12.3 Å². The average Bonchev–Trinajstić information content (AvgIpc) is 2.30. The molecule has 0 rings (SSSR count). The van der Waals surface area contributed by atoms with Gasteiger partial charge in [0.1, 0.15) is 0 Å². The maximum Gasteiger partial charge on any atom is 0.237 e. The molecule has 92 valence electrons. The monoisotopic (exact) mass is 228 g/mol. The average molecular weight is 228 g/mol. The molecule has 0 aromatic rings. The molecule has 5 nitrogen and oxygen atoms in total. The maximum absolute atomic E-state index is 11.3. The lowest BCUT2D eigenvalue weighted by Gasteiger charge is -2.12. The molecule has 3 N–H and O–H groups in total. The highest BCUT2D eigenvalue weighted by molar-refractivity contribution is 5.81. The van der Waals surface area contributed by atoms with E-state index in [0.717, 1.165) is 6.42 Å². The van der Waals surface area contributed by atoms with Crippen LogP contribution in [0.25, 0.3) is 0 Å². The van der Waals surface area contributed by atoms with Crippen LogP contribution in [0.1, 0.15) is 13.3 Å². The molecule has 5 heteroatoms. The first kappa shape index (κ1) is 14.9. The summed E-state index contributed by atoms with van der Waals surface area (Å²) in [4.78, 5) is 11.3. The van der Waals surface area contributed by atoms with Crippen molar-refractivity contribution in [1.29, 1.82) is 0 Å². The Morgan fingerprint density at radius 3 is 2.94 bits per heavy atom. The zero-order valence-electron chi connectivity index (χ0n) is 9.66. The first-order chi connectivity index (χ1) is 7.72. The van der Waals surface area contributed by atoms with Gasteiger partial charge >= 0.3 is 0 Å². The lowest BCUT2D eigenvalue weighted by Crippen LogP contribution is -2.42. The zero-order valence-corrected chi connectivity index (χ0v) is 9.66. The Hall–Kier alpha value is -1.09. The molecule has 0 bridgehead atoms. The summed E-state index contributed by atoms with van der Waals surface area (Å²) in [6, 6.07) is -0.258. The molecule has 0 aliphatic heterocycles. The summed E-state index contributed by atoms with van der Waals surface area (Å²) in [5, 5.41) is 14.1. The Morgan fingerprint density at radius 2 is 2.31 bits per heavy atom. The summed E-state index contributed by atoms with van der Waals surface area (Å²) in [5.41, 5.74) is 0. The van der Waals surface area contributed by atoms with Crippen molar-refractivity contribution in [3.63, 3.8) is 0 Å². The summed E-state index contributed by atoms with van der Waals surface area (Å²) >= 11 is 0. The third-order valence-electron chi connectivity index (χ3n) is 1.91. The third-order valence-corrected chi connectivity index (χ3v) is 1.91. The van der Waals surface area contributed by atoms with E-state index in [4.69, 9.17) is 16.3 Å². The number of nitrogens with one attached hydrogen (secondary N) is 2. The molecule has 0 fully saturated rings. The number of aliphatic hydroxyl groups is 1. The van der Waals surface area contributed by atoms with E-state index in [1.807, 2.05) is 0 Å². The highest BCUT2D eigenvalue weighted by Crippen LogP contribution is 1.85. The molecule has 1 atom stereocenters. The summed E-state index contributed by atoms with van der Waals surface area (Å²) in [6.07, 6.45) is 5.82. The number of hydrogen-bond acceptors (Lipinski definition) is 4. The number of carbonyl (C=O) groups is 1. The lowest BCUT2D eigenvalue weighted by molar-refractivity contribution is -0.122. The van der Waals surface area contributed by atoms with Gasteiger partial charge in [0.25, 0.3) is 0 Å². The van der Waals surface area contributed by atoms with Gasteiger partial charge in [-0.2, -0.15) is 0 Å². The van der Waals surface area contributed by atoms with Gasteiger partial charge in [-0.05, 0) is 19.9 Å². The van der Waals surface area contributed by atoms with Gasteiger partial charge < -0.3 is 20.5 Å². The summed E-state index contributed by atoms with van der Waals surface area (Å²) < 4.78 is 5.07. The minimum absolute atomic E-state index is 0.0400. The number of hydrogen-bond donors (Lipinski definition) is 3. The topological polar surface area (TPSA) is 70.6 Å². The van der Waals surface area contributed by atoms with E-state index >= 15 is 0 Å². The van der Waals surface area contributed by atoms with Crippen molar-refractivity contribution < 1.29 is 14.6 Å². The molecule has 0 aromatic carbocycles. The van der Waals surface area contributed by atoms with Crippen LogP contribution in [0.15, 0.2) is 0 Å². The van der Waals surface area contributed by atoms with E-state index in [0.29, 0.717) is 19.8 Å². The second kappa shape index (κ2) is 10.4. The standard InChI is InChI=1S/C11H20N2O3/c1-3-5-13-11(15)10(2)12-6-4-8-16-9-7-14/h1,10,12,14H,4-9H2,2H3,(H,13,15). The maximum atomic E-state index is 11.3. The molecule has 0 aliphatic rings. The highest BCUT2D eigenvalue weighted by Gasteiger charge is 2.09. The van der Waals surface area contributed by atoms with Crippen LogP contribution in [-0.2, 0) is 9.53 Å². The largest absolute Gasteiger partial charge is 0.394 e. The number of amides is 1. The molecule has 0 saturated carbocycles. The fraction of sp³-hybridized carbons (Fsp3) is 0.727. The van der Waals surface area contributed by atoms with Crippen molar-refractivity contribution in [2.24, 2.45) is 0 Å². The molecule has 1 unspecified atom stereocenters. The van der Waals surface area contributed by atoms with E-state index in [-0.39, 0.29) is 25.1 Å². The zero-order chi connectivity index (χ0) is 12.2. The number of aliphatic hydroxyl groups excluding tert-OH is 1. The Labute approximate surface area is 96.6 Å². The molecule has 0 spiro atoms. The fourth-order valence-electron chi connectivity index (χ4n) is 1.04. The first-order valence-corrected chi connectivity index (χ1v) is 5.35. The fourth-order valence-corrected chi connectivity index (χ4v) is 1.04. The molecule has 0 aliphatic carbocycles. The smallest absolute Gasteiger partial charge is 0.237 e. The molecule has 0 heterocycles. The van der Waals surface area contributed by atoms with E-state index < -0.39 is 0 Å². The first-order valence-electron chi connectivity index (χ1n) is 5.35. The van der Waals surface area contributed by atoms with Crippen molar-refractivity contribution in [1.82, 2.24) is 10.6 Å². The third kappa shape index (κ3) is 8.24. The molecular weight excluding hydrogens is 208 g/mol. The minimum atomic E-state index is -0.258. The number of terminal acetylenes is 1. The quantitative estimate of drug-likeness (QED) is 0.354. The van der Waals surface area contributed by atoms with Crippen molar-refractivity contribution in [3.8, 4) is 12.3 Å². The van der Waals surface area contributed by atoms with Gasteiger partial charge in [-0.25, -0.2) is 0 Å². The second-order valence-electron chi connectivity index (χ2n) is 3.29. The lowest BCUT2D eigenvalue weighted by atomic mass is 10.3. The van der Waals surface area contributed by atoms with Gasteiger partial charge in [-0.3, -0.25) is 4.79 Å². The molecule has 0 radical (unpaired) electrons. The summed E-state index contributed by atoms with van der Waals surface area (Å²) in [7, 11) is 0. The number of rotatable bonds is 9. The van der Waals surface area contributed by atoms with Gasteiger partial charge in [0.15, 0.2) is 0 Å². The van der Waals surface area contributed by atoms with Gasteiger partial charge in [0, 0.05) is 6.61 Å². The van der Waals surface area contributed by atoms with Crippen LogP contribution in [0.3, 0.4) is 0 Å². The van der Waals surface area contributed by atoms with Crippen LogP contribution in [0.4, 0.5) is 0 Å². The van der Waals surface area contributed by atoms with E-state index in [1.54, 1.807) is 6.92 Å². The Kier molecular flexibility index (Phi) is 9.72. The van der Waals surface area contributed by atoms with Gasteiger partial charge in [0.2, 0.25) is 5.91 Å². The van der Waals surface area contributed by atoms with Crippen molar-refractivity contribution in [2.75, 3.05) is 32.9 Å². The van der Waals surface area contributed by atoms with Gasteiger partial charge in [-0.1, -0.05) is 5.92 Å². The number of carbonyl (C=O) groups excluding carboxylic acids is 1. The van der Waals surface area contributed by atoms with Crippen LogP contribution in [-0.4, -0.2) is 50.0 Å². The van der Waals surface area contributed by atoms with E-state index in [2.05, 4.69) is 16.6 Å². The van der Waals surface area contributed by atoms with Gasteiger partial charge in [-0.15, -0.1) is 6.42 Å². The molecule has 0 aromatic heterocycles. The van der Waals surface area contributed by atoms with Crippen molar-refractivity contribution in [3.05, 3.63) is 0 Å². The van der Waals surface area contributed by atoms with Gasteiger partial charge in [0.05, 0.1) is 25.8 Å². The van der Waals surface area contributed by atoms with Crippen LogP contribution < -0.4 is 10.6 Å². The van der Waals surface area contributed by atoms with E-state index in [1.165, 1.54) is 0 Å². The molecular formula is C11H20N2O3. The van der Waals surface area contributed by atoms with Crippen molar-refractivity contribution in [2.45, 2.75) is 19.4 Å². The molecule has 0 saturated heterocycles. The summed E-state index contributed by atoms with van der Waals surface area (Å²) in [5.74, 6) is 2.24. The van der Waals surface area contributed by atoms with E-state index in [9.17, 15) is 4.79 Å². The SMILES string of the molecule is C#CCNC(=O)C(C)NCCCOCCO. The molecule has 16 heavy (non-hydrogen) atoms. The molecule has 1 amide bonds. The Balaban J connectivity index is 3.39. The van der Waals surface area contributed by atoms with Crippen molar-refractivity contribution >= 4 is 5.91 Å². The highest BCUT2D eigenvalue weighted by atomic mass is 16.5. The van der Waals surface area contributed by atoms with Crippen LogP contribution in [0.5, 0.6) is 0 Å². The minimum Gasteiger partial charge on any atom is -0.394 e. The Bertz CT molecular complexity index is 226. The van der Waals surface area contributed by atoms with Crippen LogP contribution >= 0.6 is 0 Å². The summed E-state index contributed by atoms with van der Waals surface area (Å²) in [6.45, 7) is 3.70. The predicted octanol–water partition coefficient (Wildman–Crippen LogP) is -0.887. The van der Waals surface area contributed by atoms with Crippen LogP contribution in [0.2, 0.25) is 0 Å². The predicted molar refractivity (Wildman–Crippen MR) is 61.8 cm³/mol. The normalized spacial score (nSPS) is 11.8. The Morgan fingerprint density at radius 1 is 1.56 bits per heavy atom. The number of ether oxygens (including phenoxy) is 1.